The molecule has 3 nitrogen and oxygen atoms in total. The third kappa shape index (κ3) is 4.18. The zero-order valence-corrected chi connectivity index (χ0v) is 17.0. The molecular weight excluding hydrogens is 375 g/mol. The third-order valence-corrected chi connectivity index (χ3v) is 5.07. The van der Waals surface area contributed by atoms with Crippen molar-refractivity contribution in [3.05, 3.63) is 114 Å². The normalized spacial score (nSPS) is 11.5. The van der Waals surface area contributed by atoms with Gasteiger partial charge in [-0.2, -0.15) is 0 Å². The maximum Gasteiger partial charge on any atom is 0.142 e. The number of aromatic nitrogens is 1. The fourth-order valence-corrected chi connectivity index (χ4v) is 3.54. The van der Waals surface area contributed by atoms with Crippen LogP contribution in [-0.2, 0) is 11.4 Å². The molecule has 0 amide bonds. The second-order valence-corrected chi connectivity index (χ2v) is 7.14. The molecule has 0 unspecified atom stereocenters. The standard InChI is InChI=1S/C26H23FN2O/c1-19(28-30-18-21-9-5-3-6-10-21)25-17-26(22-13-15-23(27)16-14-22)29(20(25)2)24-11-7-4-8-12-24/h3-17H,18H2,1-2H3/b28-19+. The lowest BCUT2D eigenvalue weighted by molar-refractivity contribution is 0.130. The van der Waals surface area contributed by atoms with Gasteiger partial charge in [-0.3, -0.25) is 0 Å². The van der Waals surface area contributed by atoms with Crippen molar-refractivity contribution in [3.8, 4) is 16.9 Å². The van der Waals surface area contributed by atoms with E-state index in [4.69, 9.17) is 4.84 Å². The Bertz CT molecular complexity index is 1150. The van der Waals surface area contributed by atoms with E-state index in [1.165, 1.54) is 12.1 Å². The molecule has 0 spiro atoms. The van der Waals surface area contributed by atoms with Crippen molar-refractivity contribution in [1.29, 1.82) is 0 Å². The zero-order valence-electron chi connectivity index (χ0n) is 17.0. The van der Waals surface area contributed by atoms with E-state index in [0.717, 1.165) is 39.5 Å². The fraction of sp³-hybridized carbons (Fsp3) is 0.115. The lowest BCUT2D eigenvalue weighted by Crippen LogP contribution is -2.02. The highest BCUT2D eigenvalue weighted by molar-refractivity contribution is 6.01. The first-order chi connectivity index (χ1) is 14.6. The lowest BCUT2D eigenvalue weighted by atomic mass is 10.1. The van der Waals surface area contributed by atoms with Gasteiger partial charge in [-0.25, -0.2) is 4.39 Å². The summed E-state index contributed by atoms with van der Waals surface area (Å²) in [6, 6.07) is 28.7. The first-order valence-electron chi connectivity index (χ1n) is 9.88. The maximum atomic E-state index is 13.5. The van der Waals surface area contributed by atoms with Gasteiger partial charge in [-0.05, 0) is 67.4 Å². The molecule has 3 aromatic carbocycles. The Morgan fingerprint density at radius 2 is 1.53 bits per heavy atom. The summed E-state index contributed by atoms with van der Waals surface area (Å²) in [5.41, 5.74) is 6.86. The van der Waals surface area contributed by atoms with E-state index in [-0.39, 0.29) is 5.82 Å². The summed E-state index contributed by atoms with van der Waals surface area (Å²) in [4.78, 5) is 5.60. The third-order valence-electron chi connectivity index (χ3n) is 5.07. The number of nitrogens with zero attached hydrogens (tertiary/aromatic N) is 2. The Labute approximate surface area is 176 Å². The second kappa shape index (κ2) is 8.78. The van der Waals surface area contributed by atoms with E-state index >= 15 is 0 Å². The molecule has 30 heavy (non-hydrogen) atoms. The van der Waals surface area contributed by atoms with E-state index in [9.17, 15) is 4.39 Å². The van der Waals surface area contributed by atoms with Gasteiger partial charge in [-0.15, -0.1) is 0 Å². The van der Waals surface area contributed by atoms with Crippen LogP contribution in [0.15, 0.2) is 96.2 Å². The largest absolute Gasteiger partial charge is 0.391 e. The summed E-state index contributed by atoms with van der Waals surface area (Å²) in [7, 11) is 0. The Morgan fingerprint density at radius 1 is 0.900 bits per heavy atom. The molecule has 0 radical (unpaired) electrons. The van der Waals surface area contributed by atoms with Crippen LogP contribution in [-0.4, -0.2) is 10.3 Å². The van der Waals surface area contributed by atoms with Crippen LogP contribution >= 0.6 is 0 Å². The van der Waals surface area contributed by atoms with E-state index < -0.39 is 0 Å². The number of oxime groups is 1. The predicted octanol–water partition coefficient (Wildman–Crippen LogP) is 6.53. The Kier molecular flexibility index (Phi) is 5.75. The van der Waals surface area contributed by atoms with E-state index in [1.807, 2.05) is 55.5 Å². The molecule has 4 aromatic rings. The second-order valence-electron chi connectivity index (χ2n) is 7.14. The van der Waals surface area contributed by atoms with E-state index in [0.29, 0.717) is 6.61 Å². The van der Waals surface area contributed by atoms with Crippen molar-refractivity contribution in [3.63, 3.8) is 0 Å². The number of para-hydroxylation sites is 1. The summed E-state index contributed by atoms with van der Waals surface area (Å²) >= 11 is 0. The minimum absolute atomic E-state index is 0.249. The number of halogens is 1. The van der Waals surface area contributed by atoms with Crippen LogP contribution in [0.4, 0.5) is 4.39 Å². The minimum Gasteiger partial charge on any atom is -0.391 e. The van der Waals surface area contributed by atoms with Gasteiger partial charge < -0.3 is 9.40 Å². The van der Waals surface area contributed by atoms with Crippen LogP contribution in [0.3, 0.4) is 0 Å². The van der Waals surface area contributed by atoms with Gasteiger partial charge in [0.1, 0.15) is 12.4 Å². The van der Waals surface area contributed by atoms with Crippen molar-refractivity contribution in [2.45, 2.75) is 20.5 Å². The highest BCUT2D eigenvalue weighted by Crippen LogP contribution is 2.30. The smallest absolute Gasteiger partial charge is 0.142 e. The van der Waals surface area contributed by atoms with Crippen LogP contribution in [0.25, 0.3) is 16.9 Å². The van der Waals surface area contributed by atoms with Crippen LogP contribution in [0.1, 0.15) is 23.7 Å². The molecular formula is C26H23FN2O. The fourth-order valence-electron chi connectivity index (χ4n) is 3.54. The number of hydrogen-bond acceptors (Lipinski definition) is 2. The number of rotatable bonds is 6. The average molecular weight is 398 g/mol. The zero-order chi connectivity index (χ0) is 20.9. The first-order valence-corrected chi connectivity index (χ1v) is 9.88. The topological polar surface area (TPSA) is 26.5 Å². The van der Waals surface area contributed by atoms with Crippen molar-refractivity contribution in [2.75, 3.05) is 0 Å². The number of hydrogen-bond donors (Lipinski definition) is 0. The van der Waals surface area contributed by atoms with Gasteiger partial charge in [-0.1, -0.05) is 53.7 Å². The summed E-state index contributed by atoms with van der Waals surface area (Å²) in [6.07, 6.45) is 0. The molecule has 1 aromatic heterocycles. The van der Waals surface area contributed by atoms with E-state index in [1.54, 1.807) is 12.1 Å². The minimum atomic E-state index is -0.249. The quantitative estimate of drug-likeness (QED) is 0.268. The highest BCUT2D eigenvalue weighted by Gasteiger charge is 2.17. The van der Waals surface area contributed by atoms with Gasteiger partial charge in [0.05, 0.1) is 11.4 Å². The van der Waals surface area contributed by atoms with Gasteiger partial charge in [0.15, 0.2) is 0 Å². The van der Waals surface area contributed by atoms with Gasteiger partial charge >= 0.3 is 0 Å². The Balaban J connectivity index is 1.71. The molecule has 0 N–H and O–H groups in total. The van der Waals surface area contributed by atoms with Crippen molar-refractivity contribution < 1.29 is 9.23 Å². The SMILES string of the molecule is C/C(=N\OCc1ccccc1)c1cc(-c2ccc(F)cc2)n(-c2ccccc2)c1C. The maximum absolute atomic E-state index is 13.5. The van der Waals surface area contributed by atoms with Crippen molar-refractivity contribution >= 4 is 5.71 Å². The van der Waals surface area contributed by atoms with Gasteiger partial charge in [0.25, 0.3) is 0 Å². The molecule has 0 aliphatic carbocycles. The molecule has 0 saturated heterocycles. The molecule has 0 aliphatic rings. The van der Waals surface area contributed by atoms with Crippen molar-refractivity contribution in [2.24, 2.45) is 5.16 Å². The molecule has 4 heteroatoms. The molecule has 0 fully saturated rings. The molecule has 4 rings (SSSR count). The van der Waals surface area contributed by atoms with Crippen LogP contribution < -0.4 is 0 Å². The highest BCUT2D eigenvalue weighted by atomic mass is 19.1. The Hall–Kier alpha value is -3.66. The van der Waals surface area contributed by atoms with Crippen LogP contribution in [0.5, 0.6) is 0 Å². The summed E-state index contributed by atoms with van der Waals surface area (Å²) in [6.45, 7) is 4.42. The molecule has 1 heterocycles. The molecule has 0 aliphatic heterocycles. The summed E-state index contributed by atoms with van der Waals surface area (Å²) in [5, 5.41) is 4.35. The van der Waals surface area contributed by atoms with Crippen molar-refractivity contribution in [1.82, 2.24) is 4.57 Å². The predicted molar refractivity (Wildman–Crippen MR) is 119 cm³/mol. The summed E-state index contributed by atoms with van der Waals surface area (Å²) in [5.74, 6) is -0.249. The summed E-state index contributed by atoms with van der Waals surface area (Å²) < 4.78 is 15.6. The van der Waals surface area contributed by atoms with Gasteiger partial charge in [0.2, 0.25) is 0 Å². The number of benzene rings is 3. The van der Waals surface area contributed by atoms with Crippen LogP contribution in [0, 0.1) is 12.7 Å². The van der Waals surface area contributed by atoms with E-state index in [2.05, 4.69) is 34.8 Å². The molecule has 0 bridgehead atoms. The molecule has 0 atom stereocenters. The lowest BCUT2D eigenvalue weighted by Gasteiger charge is -2.12. The molecule has 150 valence electrons. The Morgan fingerprint density at radius 3 is 2.20 bits per heavy atom. The van der Waals surface area contributed by atoms with Crippen LogP contribution in [0.2, 0.25) is 0 Å². The molecule has 0 saturated carbocycles. The van der Waals surface area contributed by atoms with Gasteiger partial charge in [0, 0.05) is 16.9 Å². The first kappa shape index (κ1) is 19.6. The average Bonchev–Trinajstić information content (AvgIpc) is 3.12. The monoisotopic (exact) mass is 398 g/mol.